The monoisotopic (exact) mass is 830 g/mol. The van der Waals surface area contributed by atoms with Gasteiger partial charge in [0.1, 0.15) is 23.0 Å². The fourth-order valence-corrected chi connectivity index (χ4v) is 6.20. The molecule has 54 heavy (non-hydrogen) atoms. The summed E-state index contributed by atoms with van der Waals surface area (Å²) >= 11 is 3.33. The number of benzene rings is 6. The molecule has 4 N–H and O–H groups in total. The molecule has 0 aliphatic heterocycles. The van der Waals surface area contributed by atoms with Gasteiger partial charge in [-0.3, -0.25) is 9.44 Å². The van der Waals surface area contributed by atoms with Gasteiger partial charge in [-0.25, -0.2) is 16.8 Å². The van der Waals surface area contributed by atoms with Crippen molar-refractivity contribution < 1.29 is 36.4 Å². The van der Waals surface area contributed by atoms with Crippen molar-refractivity contribution in [3.63, 3.8) is 0 Å². The van der Waals surface area contributed by atoms with E-state index in [4.69, 9.17) is 19.5 Å². The van der Waals surface area contributed by atoms with Crippen LogP contribution in [0.2, 0.25) is 0 Å². The summed E-state index contributed by atoms with van der Waals surface area (Å²) in [7, 11) is -7.88. The maximum absolute atomic E-state index is 11.3. The van der Waals surface area contributed by atoms with Gasteiger partial charge in [0.2, 0.25) is 20.0 Å². The van der Waals surface area contributed by atoms with Gasteiger partial charge in [0.05, 0.1) is 12.5 Å². The van der Waals surface area contributed by atoms with Crippen LogP contribution in [0.25, 0.3) is 11.1 Å². The number of anilines is 2. The molecule has 0 atom stereocenters. The Hall–Kier alpha value is -5.12. The van der Waals surface area contributed by atoms with Gasteiger partial charge >= 0.3 is 7.12 Å². The predicted molar refractivity (Wildman–Crippen MR) is 222 cm³/mol. The number of halogens is 1. The molecule has 6 aromatic rings. The van der Waals surface area contributed by atoms with E-state index in [1.165, 1.54) is 0 Å². The number of aryl methyl sites for hydroxylation is 2. The summed E-state index contributed by atoms with van der Waals surface area (Å²) in [5.74, 6) is 2.97. The highest BCUT2D eigenvalue weighted by Crippen LogP contribution is 2.29. The zero-order valence-electron chi connectivity index (χ0n) is 30.0. The standard InChI is InChI=1S/C20H19NO3S.C12H11BO3.C8H10BrNO2S/c1-15-14-17(21-25(2,22)23)10-13-20(15)16-8-11-19(12-9-16)24-18-6-4-3-5-7-18;14-13(15)10-6-8-12(9-7-10)16-11-4-2-1-3-5-11;1-6-5-7(3-4-8(6)9)10-13(2,11)12/h3-14,21H,1-2H3;1-9,14-15H;3-5,10H,1-2H3. The molecule has 0 aliphatic carbocycles. The predicted octanol–water partition coefficient (Wildman–Crippen LogP) is 8.11. The minimum atomic E-state index is -3.27. The molecule has 10 nitrogen and oxygen atoms in total. The van der Waals surface area contributed by atoms with Gasteiger partial charge in [-0.1, -0.05) is 82.7 Å². The molecule has 0 unspecified atom stereocenters. The van der Waals surface area contributed by atoms with E-state index < -0.39 is 27.2 Å². The van der Waals surface area contributed by atoms with Gasteiger partial charge in [-0.15, -0.1) is 0 Å². The topological polar surface area (TPSA) is 151 Å². The second-order valence-electron chi connectivity index (χ2n) is 12.0. The highest BCUT2D eigenvalue weighted by molar-refractivity contribution is 9.10. The molecular weight excluding hydrogens is 791 g/mol. The molecule has 0 saturated heterocycles. The molecule has 0 radical (unpaired) electrons. The number of ether oxygens (including phenoxy) is 2. The van der Waals surface area contributed by atoms with E-state index in [1.54, 1.807) is 42.5 Å². The SMILES string of the molecule is Cc1cc(NS(C)(=O)=O)ccc1-c1ccc(Oc2ccccc2)cc1.Cc1cc(NS(C)(=O)=O)ccc1Br.OB(O)c1ccc(Oc2ccccc2)cc1. The van der Waals surface area contributed by atoms with Crippen molar-refractivity contribution in [2.45, 2.75) is 13.8 Å². The van der Waals surface area contributed by atoms with Crippen LogP contribution in [0.4, 0.5) is 11.4 Å². The Morgan fingerprint density at radius 1 is 0.537 bits per heavy atom. The van der Waals surface area contributed by atoms with E-state index in [1.807, 2.05) is 117 Å². The summed E-state index contributed by atoms with van der Waals surface area (Å²) in [6.07, 6.45) is 2.27. The highest BCUT2D eigenvalue weighted by Gasteiger charge is 2.10. The largest absolute Gasteiger partial charge is 0.488 e. The maximum Gasteiger partial charge on any atom is 0.488 e. The number of rotatable bonds is 10. The lowest BCUT2D eigenvalue weighted by atomic mass is 9.80. The number of nitrogens with one attached hydrogen (secondary N) is 2. The highest BCUT2D eigenvalue weighted by atomic mass is 79.9. The summed E-state index contributed by atoms with van der Waals surface area (Å²) in [6.45, 7) is 3.86. The van der Waals surface area contributed by atoms with E-state index in [2.05, 4.69) is 25.4 Å². The molecule has 0 saturated carbocycles. The van der Waals surface area contributed by atoms with Crippen molar-refractivity contribution in [3.8, 4) is 34.1 Å². The minimum Gasteiger partial charge on any atom is -0.457 e. The number of hydrogen-bond acceptors (Lipinski definition) is 8. The first kappa shape index (κ1) is 41.6. The molecule has 6 rings (SSSR count). The second kappa shape index (κ2) is 19.3. The fourth-order valence-electron chi connectivity index (χ4n) is 4.85. The Balaban J connectivity index is 0.000000193. The molecule has 0 amide bonds. The van der Waals surface area contributed by atoms with Gasteiger partial charge < -0.3 is 19.5 Å². The molecule has 0 spiro atoms. The Labute approximate surface area is 325 Å². The lowest BCUT2D eigenvalue weighted by Crippen LogP contribution is -2.29. The first-order valence-electron chi connectivity index (χ1n) is 16.4. The minimum absolute atomic E-state index is 0.445. The number of hydrogen-bond donors (Lipinski definition) is 4. The molecule has 280 valence electrons. The Morgan fingerprint density at radius 2 is 0.944 bits per heavy atom. The summed E-state index contributed by atoms with van der Waals surface area (Å²) < 4.78 is 61.6. The lowest BCUT2D eigenvalue weighted by Gasteiger charge is -2.11. The van der Waals surface area contributed by atoms with Crippen LogP contribution in [-0.4, -0.2) is 46.5 Å². The van der Waals surface area contributed by atoms with Crippen LogP contribution < -0.4 is 24.4 Å². The van der Waals surface area contributed by atoms with E-state index in [0.717, 1.165) is 56.5 Å². The zero-order valence-corrected chi connectivity index (χ0v) is 33.2. The first-order valence-corrected chi connectivity index (χ1v) is 21.0. The molecule has 0 aromatic heterocycles. The van der Waals surface area contributed by atoms with Crippen molar-refractivity contribution in [1.82, 2.24) is 0 Å². The van der Waals surface area contributed by atoms with Crippen molar-refractivity contribution >= 4 is 59.9 Å². The van der Waals surface area contributed by atoms with Crippen LogP contribution in [0, 0.1) is 13.8 Å². The van der Waals surface area contributed by atoms with Crippen molar-refractivity contribution in [2.75, 3.05) is 22.0 Å². The molecule has 14 heteroatoms. The maximum atomic E-state index is 11.3. The van der Waals surface area contributed by atoms with E-state index in [9.17, 15) is 16.8 Å². The van der Waals surface area contributed by atoms with Crippen molar-refractivity contribution in [2.24, 2.45) is 0 Å². The normalized spacial score (nSPS) is 10.8. The molecule has 0 fully saturated rings. The Bertz CT molecular complexity index is 2330. The average molecular weight is 832 g/mol. The lowest BCUT2D eigenvalue weighted by molar-refractivity contribution is 0.425. The first-order chi connectivity index (χ1) is 25.5. The van der Waals surface area contributed by atoms with Gasteiger partial charge in [0.25, 0.3) is 0 Å². The molecule has 0 bridgehead atoms. The summed E-state index contributed by atoms with van der Waals surface area (Å²) in [5, 5.41) is 17.8. The smallest absolute Gasteiger partial charge is 0.457 e. The summed E-state index contributed by atoms with van der Waals surface area (Å²) in [6, 6.07) is 44.3. The fraction of sp³-hybridized carbons (Fsp3) is 0.100. The number of para-hydroxylation sites is 2. The quantitative estimate of drug-likeness (QED) is 0.101. The third kappa shape index (κ3) is 14.4. The van der Waals surface area contributed by atoms with Crippen molar-refractivity contribution in [3.05, 3.63) is 161 Å². The molecule has 6 aromatic carbocycles. The molecular formula is C40H40BBrN2O8S2. The Kier molecular flexibility index (Phi) is 14.9. The third-order valence-corrected chi connectivity index (χ3v) is 9.39. The second-order valence-corrected chi connectivity index (χ2v) is 16.4. The summed E-state index contributed by atoms with van der Waals surface area (Å²) in [4.78, 5) is 0. The van der Waals surface area contributed by atoms with Crippen LogP contribution in [0.5, 0.6) is 23.0 Å². The van der Waals surface area contributed by atoms with E-state index in [-0.39, 0.29) is 0 Å². The van der Waals surface area contributed by atoms with Gasteiger partial charge in [-0.05, 0) is 120 Å². The molecule has 0 aliphatic rings. The van der Waals surface area contributed by atoms with Gasteiger partial charge in [-0.2, -0.15) is 0 Å². The third-order valence-electron chi connectivity index (χ3n) is 7.29. The van der Waals surface area contributed by atoms with Crippen molar-refractivity contribution in [1.29, 1.82) is 0 Å². The van der Waals surface area contributed by atoms with Gasteiger partial charge in [0, 0.05) is 15.8 Å². The van der Waals surface area contributed by atoms with Crippen LogP contribution in [0.15, 0.2) is 150 Å². The molecule has 0 heterocycles. The zero-order chi connectivity index (χ0) is 39.3. The van der Waals surface area contributed by atoms with Crippen LogP contribution in [0.1, 0.15) is 11.1 Å². The van der Waals surface area contributed by atoms with Gasteiger partial charge in [0.15, 0.2) is 0 Å². The number of sulfonamides is 2. The van der Waals surface area contributed by atoms with E-state index in [0.29, 0.717) is 22.6 Å². The Morgan fingerprint density at radius 3 is 1.35 bits per heavy atom. The average Bonchev–Trinajstić information content (AvgIpc) is 3.11. The summed E-state index contributed by atoms with van der Waals surface area (Å²) in [5.41, 5.74) is 5.67. The van der Waals surface area contributed by atoms with Crippen LogP contribution >= 0.6 is 15.9 Å². The van der Waals surface area contributed by atoms with Crippen LogP contribution in [0.3, 0.4) is 0 Å². The van der Waals surface area contributed by atoms with Crippen LogP contribution in [-0.2, 0) is 20.0 Å². The van der Waals surface area contributed by atoms with E-state index >= 15 is 0 Å².